The predicted molar refractivity (Wildman–Crippen MR) is 100 cm³/mol. The van der Waals surface area contributed by atoms with Crippen LogP contribution >= 0.6 is 0 Å². The second-order valence-electron chi connectivity index (χ2n) is 5.55. The summed E-state index contributed by atoms with van der Waals surface area (Å²) in [6.45, 7) is 2.01. The molecule has 0 amide bonds. The topological polar surface area (TPSA) is 60.2 Å². The number of unbranched alkanes of at least 4 members (excludes halogenated alkanes) is 5. The summed E-state index contributed by atoms with van der Waals surface area (Å²) in [5.41, 5.74) is 0.257. The molecule has 133 valence electrons. The Morgan fingerprint density at radius 3 is 2.38 bits per heavy atom. The molecule has 0 saturated carbocycles. The van der Waals surface area contributed by atoms with Gasteiger partial charge in [-0.15, -0.1) is 0 Å². The summed E-state index contributed by atoms with van der Waals surface area (Å²) in [5, 5.41) is 10.9. The minimum absolute atomic E-state index is 0.257. The van der Waals surface area contributed by atoms with Crippen molar-refractivity contribution >= 4 is 6.29 Å². The number of rotatable bonds is 15. The van der Waals surface area contributed by atoms with Crippen molar-refractivity contribution in [2.45, 2.75) is 71.1 Å². The maximum absolute atomic E-state index is 10.9. The largest absolute Gasteiger partial charge is 0.291 e. The van der Waals surface area contributed by atoms with Crippen molar-refractivity contribution in [2.24, 2.45) is 0 Å². The molecule has 0 aliphatic rings. The second-order valence-corrected chi connectivity index (χ2v) is 5.55. The van der Waals surface area contributed by atoms with Crippen LogP contribution in [-0.2, 0) is 4.79 Å². The van der Waals surface area contributed by atoms with Crippen molar-refractivity contribution in [2.75, 3.05) is 0 Å². The zero-order chi connectivity index (χ0) is 17.9. The Balaban J connectivity index is 3.80. The van der Waals surface area contributed by atoms with Gasteiger partial charge in [-0.25, -0.2) is 0 Å². The summed E-state index contributed by atoms with van der Waals surface area (Å²) < 4.78 is 0. The van der Waals surface area contributed by atoms with Crippen LogP contribution in [-0.4, -0.2) is 11.2 Å². The monoisotopic (exact) mass is 332 g/mol. The third-order valence-corrected chi connectivity index (χ3v) is 3.46. The molecule has 0 aliphatic carbocycles. The van der Waals surface area contributed by atoms with E-state index in [-0.39, 0.29) is 10.6 Å². The highest BCUT2D eigenvalue weighted by Crippen LogP contribution is 2.07. The average Bonchev–Trinajstić information content (AvgIpc) is 2.57. The molecule has 0 aromatic carbocycles. The Labute approximate surface area is 146 Å². The number of allylic oxidation sites excluding steroid dienone is 7. The average molecular weight is 332 g/mol. The maximum atomic E-state index is 10.9. The van der Waals surface area contributed by atoms with Gasteiger partial charge in [0, 0.05) is 6.42 Å². The minimum atomic E-state index is -0.305. The summed E-state index contributed by atoms with van der Waals surface area (Å²) in [6, 6.07) is 0. The van der Waals surface area contributed by atoms with Gasteiger partial charge in [0.2, 0.25) is 5.70 Å². The van der Waals surface area contributed by atoms with E-state index in [1.807, 2.05) is 37.5 Å². The number of nitro groups is 1. The van der Waals surface area contributed by atoms with Gasteiger partial charge in [0.25, 0.3) is 0 Å². The second kappa shape index (κ2) is 17.4. The van der Waals surface area contributed by atoms with Crippen LogP contribution < -0.4 is 0 Å². The third-order valence-electron chi connectivity index (χ3n) is 3.46. The molecule has 4 heteroatoms. The first kappa shape index (κ1) is 22.0. The first-order valence-electron chi connectivity index (χ1n) is 8.85. The zero-order valence-corrected chi connectivity index (χ0v) is 14.8. The zero-order valence-electron chi connectivity index (χ0n) is 14.8. The predicted octanol–water partition coefficient (Wildman–Crippen LogP) is 5.85. The van der Waals surface area contributed by atoms with Crippen molar-refractivity contribution < 1.29 is 9.72 Å². The van der Waals surface area contributed by atoms with E-state index in [0.717, 1.165) is 44.9 Å². The Kier molecular flexibility index (Phi) is 16.0. The van der Waals surface area contributed by atoms with Crippen LogP contribution in [0.4, 0.5) is 0 Å². The van der Waals surface area contributed by atoms with Crippen LogP contribution in [0.15, 0.2) is 48.2 Å². The van der Waals surface area contributed by atoms with Crippen molar-refractivity contribution in [3.63, 3.8) is 0 Å². The van der Waals surface area contributed by atoms with Gasteiger partial charge in [0.15, 0.2) is 6.29 Å². The molecule has 0 saturated heterocycles. The molecule has 0 aromatic rings. The fourth-order valence-electron chi connectivity index (χ4n) is 2.11. The number of carbonyl (C=O) groups excluding carboxylic acids is 1. The van der Waals surface area contributed by atoms with E-state index >= 15 is 0 Å². The van der Waals surface area contributed by atoms with Crippen molar-refractivity contribution in [3.05, 3.63) is 58.3 Å². The van der Waals surface area contributed by atoms with Gasteiger partial charge >= 0.3 is 0 Å². The quantitative estimate of drug-likeness (QED) is 0.164. The van der Waals surface area contributed by atoms with E-state index in [2.05, 4.69) is 12.2 Å². The molecular formula is C20H30NO3. The lowest BCUT2D eigenvalue weighted by molar-refractivity contribution is -0.427. The van der Waals surface area contributed by atoms with Gasteiger partial charge in [0.05, 0.1) is 11.3 Å². The van der Waals surface area contributed by atoms with Crippen LogP contribution in [0.1, 0.15) is 71.1 Å². The molecule has 0 aromatic heterocycles. The van der Waals surface area contributed by atoms with Gasteiger partial charge in [-0.05, 0) is 44.6 Å². The van der Waals surface area contributed by atoms with E-state index < -0.39 is 0 Å². The Morgan fingerprint density at radius 2 is 1.67 bits per heavy atom. The van der Waals surface area contributed by atoms with Crippen LogP contribution in [0.3, 0.4) is 0 Å². The van der Waals surface area contributed by atoms with Gasteiger partial charge in [-0.3, -0.25) is 14.9 Å². The highest BCUT2D eigenvalue weighted by atomic mass is 16.6. The van der Waals surface area contributed by atoms with E-state index in [1.54, 1.807) is 6.08 Å². The standard InChI is InChI=1S/C20H30NO3/c1-2-3-14-17-20(21(23)24)18-15-12-10-8-6-4-5-7-9-11-13-16-19-22/h3-4,6,10,12,14,18H,2,5,7-9,11,13,15-17H2,1H3/b6-4+,12-10+,14-3+,20-18-. The molecule has 0 aliphatic heterocycles. The Hall–Kier alpha value is -1.97. The van der Waals surface area contributed by atoms with Gasteiger partial charge in [-0.1, -0.05) is 56.2 Å². The molecule has 0 N–H and O–H groups in total. The lowest BCUT2D eigenvalue weighted by Gasteiger charge is -1.95. The summed E-state index contributed by atoms with van der Waals surface area (Å²) in [6.07, 6.45) is 24.4. The van der Waals surface area contributed by atoms with Crippen molar-refractivity contribution in [3.8, 4) is 0 Å². The molecule has 0 spiro atoms. The summed E-state index contributed by atoms with van der Waals surface area (Å²) in [7, 11) is 0. The van der Waals surface area contributed by atoms with Crippen molar-refractivity contribution in [1.29, 1.82) is 0 Å². The fourth-order valence-corrected chi connectivity index (χ4v) is 2.11. The number of nitrogens with zero attached hydrogens (tertiary/aromatic N) is 1. The third kappa shape index (κ3) is 14.9. The highest BCUT2D eigenvalue weighted by molar-refractivity contribution is 5.50. The van der Waals surface area contributed by atoms with Crippen molar-refractivity contribution in [1.82, 2.24) is 0 Å². The van der Waals surface area contributed by atoms with Gasteiger partial charge in [0.1, 0.15) is 0 Å². The van der Waals surface area contributed by atoms with Crippen LogP contribution in [0, 0.1) is 10.1 Å². The van der Waals surface area contributed by atoms with E-state index in [9.17, 15) is 14.9 Å². The molecule has 0 atom stereocenters. The maximum Gasteiger partial charge on any atom is 0.246 e. The SMILES string of the molecule is CC/C=C/C/C(=C/C/C=C/C/C=C/CCCCCC[C]=O)[N+](=O)[O-]. The number of hydrogen-bond donors (Lipinski definition) is 0. The molecule has 0 unspecified atom stereocenters. The Morgan fingerprint density at radius 1 is 0.958 bits per heavy atom. The molecule has 0 fully saturated rings. The minimum Gasteiger partial charge on any atom is -0.291 e. The van der Waals surface area contributed by atoms with E-state index in [4.69, 9.17) is 0 Å². The lowest BCUT2D eigenvalue weighted by atomic mass is 10.1. The van der Waals surface area contributed by atoms with E-state index in [1.165, 1.54) is 0 Å². The smallest absolute Gasteiger partial charge is 0.246 e. The van der Waals surface area contributed by atoms with Gasteiger partial charge < -0.3 is 0 Å². The molecule has 1 radical (unpaired) electrons. The molecule has 24 heavy (non-hydrogen) atoms. The lowest BCUT2D eigenvalue weighted by Crippen LogP contribution is -1.97. The first-order valence-corrected chi connectivity index (χ1v) is 8.85. The molecule has 0 heterocycles. The molecular weight excluding hydrogens is 302 g/mol. The highest BCUT2D eigenvalue weighted by Gasteiger charge is 2.05. The van der Waals surface area contributed by atoms with Crippen LogP contribution in [0.2, 0.25) is 0 Å². The van der Waals surface area contributed by atoms with Crippen LogP contribution in [0.5, 0.6) is 0 Å². The van der Waals surface area contributed by atoms with Gasteiger partial charge in [-0.2, -0.15) is 0 Å². The van der Waals surface area contributed by atoms with Crippen LogP contribution in [0.25, 0.3) is 0 Å². The van der Waals surface area contributed by atoms with E-state index in [0.29, 0.717) is 19.3 Å². The fraction of sp³-hybridized carbons (Fsp3) is 0.550. The number of hydrogen-bond acceptors (Lipinski definition) is 3. The molecule has 4 nitrogen and oxygen atoms in total. The molecule has 0 bridgehead atoms. The normalized spacial score (nSPS) is 12.6. The summed E-state index contributed by atoms with van der Waals surface area (Å²) in [5.74, 6) is 0. The summed E-state index contributed by atoms with van der Waals surface area (Å²) in [4.78, 5) is 20.6. The first-order chi connectivity index (χ1) is 11.7. The molecule has 0 rings (SSSR count). The summed E-state index contributed by atoms with van der Waals surface area (Å²) >= 11 is 0. The Bertz CT molecular complexity index is 448.